The SMILES string of the molecule is CSc1ccc([C@@H](C)/C=C/c2ccccc2)cc1. The van der Waals surface area contributed by atoms with Crippen molar-refractivity contribution in [3.05, 3.63) is 71.8 Å². The third-order valence-corrected chi connectivity index (χ3v) is 3.76. The largest absolute Gasteiger partial charge is 0.130 e. The van der Waals surface area contributed by atoms with E-state index in [9.17, 15) is 0 Å². The molecule has 92 valence electrons. The van der Waals surface area contributed by atoms with Gasteiger partial charge in [0.1, 0.15) is 0 Å². The van der Waals surface area contributed by atoms with Crippen molar-refractivity contribution in [2.75, 3.05) is 6.26 Å². The molecule has 0 aliphatic carbocycles. The highest BCUT2D eigenvalue weighted by molar-refractivity contribution is 7.98. The van der Waals surface area contributed by atoms with E-state index in [-0.39, 0.29) is 0 Å². The highest BCUT2D eigenvalue weighted by Crippen LogP contribution is 2.21. The van der Waals surface area contributed by atoms with Crippen LogP contribution < -0.4 is 0 Å². The Bertz CT molecular complexity index is 497. The summed E-state index contributed by atoms with van der Waals surface area (Å²) in [5, 5.41) is 0. The Morgan fingerprint density at radius 1 is 0.944 bits per heavy atom. The lowest BCUT2D eigenvalue weighted by atomic mass is 10.00. The third-order valence-electron chi connectivity index (χ3n) is 3.02. The van der Waals surface area contributed by atoms with Gasteiger partial charge in [0.05, 0.1) is 0 Å². The van der Waals surface area contributed by atoms with Crippen molar-refractivity contribution >= 4 is 17.8 Å². The van der Waals surface area contributed by atoms with Crippen molar-refractivity contribution in [2.24, 2.45) is 0 Å². The molecular weight excluding hydrogens is 236 g/mol. The fourth-order valence-corrected chi connectivity index (χ4v) is 2.25. The molecule has 2 aromatic carbocycles. The highest BCUT2D eigenvalue weighted by Gasteiger charge is 2.00. The summed E-state index contributed by atoms with van der Waals surface area (Å²) in [6.07, 6.45) is 6.55. The molecule has 0 nitrogen and oxygen atoms in total. The molecule has 2 aromatic rings. The molecule has 0 unspecified atom stereocenters. The number of hydrogen-bond acceptors (Lipinski definition) is 1. The van der Waals surface area contributed by atoms with Crippen LogP contribution in [0.3, 0.4) is 0 Å². The molecule has 0 saturated carbocycles. The van der Waals surface area contributed by atoms with Crippen LogP contribution in [0.1, 0.15) is 24.0 Å². The average Bonchev–Trinajstić information content (AvgIpc) is 2.46. The van der Waals surface area contributed by atoms with Crippen molar-refractivity contribution in [1.29, 1.82) is 0 Å². The molecule has 2 rings (SSSR count). The molecule has 1 heteroatoms. The topological polar surface area (TPSA) is 0 Å². The minimum Gasteiger partial charge on any atom is -0.130 e. The van der Waals surface area contributed by atoms with Gasteiger partial charge in [0.25, 0.3) is 0 Å². The lowest BCUT2D eigenvalue weighted by Gasteiger charge is -2.07. The van der Waals surface area contributed by atoms with Gasteiger partial charge in [-0.3, -0.25) is 0 Å². The lowest BCUT2D eigenvalue weighted by molar-refractivity contribution is 0.969. The fourth-order valence-electron chi connectivity index (χ4n) is 1.84. The summed E-state index contributed by atoms with van der Waals surface area (Å²) >= 11 is 1.78. The lowest BCUT2D eigenvalue weighted by Crippen LogP contribution is -1.88. The first-order valence-corrected chi connectivity index (χ1v) is 7.39. The van der Waals surface area contributed by atoms with Crippen molar-refractivity contribution in [3.63, 3.8) is 0 Å². The average molecular weight is 254 g/mol. The summed E-state index contributed by atoms with van der Waals surface area (Å²) in [4.78, 5) is 1.32. The van der Waals surface area contributed by atoms with Gasteiger partial charge in [-0.1, -0.05) is 61.5 Å². The summed E-state index contributed by atoms with van der Waals surface area (Å²) < 4.78 is 0. The first kappa shape index (κ1) is 13.0. The Hall–Kier alpha value is -1.47. The molecule has 0 bridgehead atoms. The molecule has 0 amide bonds. The van der Waals surface area contributed by atoms with Gasteiger partial charge >= 0.3 is 0 Å². The second-order valence-corrected chi connectivity index (χ2v) is 5.21. The summed E-state index contributed by atoms with van der Waals surface area (Å²) in [5.74, 6) is 0.445. The second kappa shape index (κ2) is 6.46. The van der Waals surface area contributed by atoms with Crippen LogP contribution in [-0.4, -0.2) is 6.26 Å². The standard InChI is InChI=1S/C17H18S/c1-14(8-9-15-6-4-3-5-7-15)16-10-12-17(18-2)13-11-16/h3-14H,1-2H3/b9-8+/t14-/m0/s1. The molecule has 0 aromatic heterocycles. The molecule has 0 aliphatic heterocycles. The molecule has 0 saturated heterocycles. The Kier molecular flexibility index (Phi) is 4.66. The number of benzene rings is 2. The molecule has 0 fully saturated rings. The molecule has 0 aliphatic rings. The molecule has 0 spiro atoms. The maximum atomic E-state index is 2.25. The van der Waals surface area contributed by atoms with E-state index in [0.29, 0.717) is 5.92 Å². The third kappa shape index (κ3) is 3.51. The quantitative estimate of drug-likeness (QED) is 0.674. The van der Waals surface area contributed by atoms with Gasteiger partial charge in [0.2, 0.25) is 0 Å². The Morgan fingerprint density at radius 2 is 1.61 bits per heavy atom. The number of thioether (sulfide) groups is 1. The summed E-state index contributed by atoms with van der Waals surface area (Å²) in [6.45, 7) is 2.23. The van der Waals surface area contributed by atoms with E-state index < -0.39 is 0 Å². The Balaban J connectivity index is 2.07. The van der Waals surface area contributed by atoms with E-state index in [4.69, 9.17) is 0 Å². The van der Waals surface area contributed by atoms with Gasteiger partial charge in [0, 0.05) is 4.90 Å². The summed E-state index contributed by atoms with van der Waals surface area (Å²) in [5.41, 5.74) is 2.62. The molecule has 18 heavy (non-hydrogen) atoms. The van der Waals surface area contributed by atoms with E-state index in [1.165, 1.54) is 16.0 Å². The van der Waals surface area contributed by atoms with Gasteiger partial charge in [-0.2, -0.15) is 0 Å². The second-order valence-electron chi connectivity index (χ2n) is 4.33. The van der Waals surface area contributed by atoms with Crippen molar-refractivity contribution in [2.45, 2.75) is 17.7 Å². The summed E-state index contributed by atoms with van der Waals surface area (Å²) in [7, 11) is 0. The fraction of sp³-hybridized carbons (Fsp3) is 0.176. The first-order valence-electron chi connectivity index (χ1n) is 6.17. The van der Waals surface area contributed by atoms with Crippen LogP contribution in [0.25, 0.3) is 6.08 Å². The smallest absolute Gasteiger partial charge is 0.00693 e. The molecule has 0 heterocycles. The van der Waals surface area contributed by atoms with Crippen LogP contribution in [0.4, 0.5) is 0 Å². The van der Waals surface area contributed by atoms with Gasteiger partial charge in [-0.05, 0) is 35.4 Å². The van der Waals surface area contributed by atoms with E-state index in [1.54, 1.807) is 11.8 Å². The van der Waals surface area contributed by atoms with Crippen LogP contribution in [-0.2, 0) is 0 Å². The molecule has 1 atom stereocenters. The maximum Gasteiger partial charge on any atom is 0.00693 e. The van der Waals surface area contributed by atoms with E-state index in [1.807, 2.05) is 6.07 Å². The monoisotopic (exact) mass is 254 g/mol. The van der Waals surface area contributed by atoms with Crippen LogP contribution in [0.5, 0.6) is 0 Å². The Labute approximate surface area is 114 Å². The zero-order chi connectivity index (χ0) is 12.8. The van der Waals surface area contributed by atoms with E-state index in [0.717, 1.165) is 0 Å². The van der Waals surface area contributed by atoms with Crippen LogP contribution in [0.2, 0.25) is 0 Å². The molecule has 0 N–H and O–H groups in total. The first-order chi connectivity index (χ1) is 8.79. The maximum absolute atomic E-state index is 2.25. The van der Waals surface area contributed by atoms with Crippen molar-refractivity contribution < 1.29 is 0 Å². The zero-order valence-corrected chi connectivity index (χ0v) is 11.7. The predicted molar refractivity (Wildman–Crippen MR) is 82.1 cm³/mol. The Morgan fingerprint density at radius 3 is 2.22 bits per heavy atom. The van der Waals surface area contributed by atoms with Crippen molar-refractivity contribution in [1.82, 2.24) is 0 Å². The van der Waals surface area contributed by atoms with E-state index >= 15 is 0 Å². The normalized spacial score (nSPS) is 12.8. The van der Waals surface area contributed by atoms with Crippen LogP contribution >= 0.6 is 11.8 Å². The number of allylic oxidation sites excluding steroid dienone is 1. The van der Waals surface area contributed by atoms with Gasteiger partial charge in [0.15, 0.2) is 0 Å². The molecule has 0 radical (unpaired) electrons. The van der Waals surface area contributed by atoms with Gasteiger partial charge in [-0.15, -0.1) is 11.8 Å². The van der Waals surface area contributed by atoms with Gasteiger partial charge < -0.3 is 0 Å². The van der Waals surface area contributed by atoms with Crippen LogP contribution in [0, 0.1) is 0 Å². The summed E-state index contributed by atoms with van der Waals surface area (Å²) in [6, 6.07) is 19.2. The zero-order valence-electron chi connectivity index (χ0n) is 10.8. The van der Waals surface area contributed by atoms with Crippen molar-refractivity contribution in [3.8, 4) is 0 Å². The number of hydrogen-bond donors (Lipinski definition) is 0. The number of rotatable bonds is 4. The van der Waals surface area contributed by atoms with Crippen LogP contribution in [0.15, 0.2) is 65.6 Å². The minimum absolute atomic E-state index is 0.445. The highest BCUT2D eigenvalue weighted by atomic mass is 32.2. The van der Waals surface area contributed by atoms with E-state index in [2.05, 4.69) is 73.9 Å². The predicted octanol–water partition coefficient (Wildman–Crippen LogP) is 5.23. The minimum atomic E-state index is 0.445. The van der Waals surface area contributed by atoms with Gasteiger partial charge in [-0.25, -0.2) is 0 Å². The molecular formula is C17H18S.